The Morgan fingerprint density at radius 1 is 1.23 bits per heavy atom. The SMILES string of the molecule is CC(C)(C)OC(=O)N1CCCCC1CCOc1cnc2ccccc2n1. The van der Waals surface area contributed by atoms with Crippen LogP contribution >= 0.6 is 0 Å². The molecule has 140 valence electrons. The fraction of sp³-hybridized carbons (Fsp3) is 0.550. The highest BCUT2D eigenvalue weighted by Crippen LogP contribution is 2.23. The van der Waals surface area contributed by atoms with Gasteiger partial charge in [0.15, 0.2) is 0 Å². The summed E-state index contributed by atoms with van der Waals surface area (Å²) in [7, 11) is 0. The number of carbonyl (C=O) groups is 1. The molecule has 0 aliphatic carbocycles. The number of hydrogen-bond acceptors (Lipinski definition) is 5. The molecule has 0 saturated carbocycles. The van der Waals surface area contributed by atoms with Gasteiger partial charge in [-0.05, 0) is 52.2 Å². The second-order valence-electron chi connectivity index (χ2n) is 7.66. The predicted molar refractivity (Wildman–Crippen MR) is 100 cm³/mol. The molecule has 2 heterocycles. The molecule has 1 atom stereocenters. The summed E-state index contributed by atoms with van der Waals surface area (Å²) in [5, 5.41) is 0. The molecule has 1 aromatic heterocycles. The van der Waals surface area contributed by atoms with E-state index in [-0.39, 0.29) is 12.1 Å². The summed E-state index contributed by atoms with van der Waals surface area (Å²) in [4.78, 5) is 23.1. The fourth-order valence-electron chi connectivity index (χ4n) is 3.17. The van der Waals surface area contributed by atoms with Crippen molar-refractivity contribution in [2.24, 2.45) is 0 Å². The van der Waals surface area contributed by atoms with E-state index in [0.29, 0.717) is 12.5 Å². The molecule has 6 nitrogen and oxygen atoms in total. The van der Waals surface area contributed by atoms with E-state index in [2.05, 4.69) is 9.97 Å². The number of piperidine rings is 1. The van der Waals surface area contributed by atoms with Crippen molar-refractivity contribution in [1.29, 1.82) is 0 Å². The van der Waals surface area contributed by atoms with Crippen LogP contribution in [-0.2, 0) is 4.74 Å². The summed E-state index contributed by atoms with van der Waals surface area (Å²) in [6.07, 6.45) is 5.30. The minimum atomic E-state index is -0.476. The molecule has 1 fully saturated rings. The number of benzene rings is 1. The number of likely N-dealkylation sites (tertiary alicyclic amines) is 1. The van der Waals surface area contributed by atoms with Gasteiger partial charge in [-0.2, -0.15) is 0 Å². The molecule has 6 heteroatoms. The van der Waals surface area contributed by atoms with Crippen LogP contribution in [0, 0.1) is 0 Å². The summed E-state index contributed by atoms with van der Waals surface area (Å²) in [6, 6.07) is 7.85. The molecular weight excluding hydrogens is 330 g/mol. The van der Waals surface area contributed by atoms with Crippen LogP contribution in [0.4, 0.5) is 4.79 Å². The highest BCUT2D eigenvalue weighted by Gasteiger charge is 2.30. The van der Waals surface area contributed by atoms with Gasteiger partial charge in [-0.1, -0.05) is 12.1 Å². The molecule has 2 aromatic rings. The lowest BCUT2D eigenvalue weighted by Crippen LogP contribution is -2.46. The number of para-hydroxylation sites is 2. The molecule has 1 unspecified atom stereocenters. The Bertz CT molecular complexity index is 757. The zero-order chi connectivity index (χ0) is 18.6. The first kappa shape index (κ1) is 18.4. The second-order valence-corrected chi connectivity index (χ2v) is 7.66. The third-order valence-corrected chi connectivity index (χ3v) is 4.38. The van der Waals surface area contributed by atoms with Crippen LogP contribution in [0.15, 0.2) is 30.5 Å². The summed E-state index contributed by atoms with van der Waals surface area (Å²) in [5.41, 5.74) is 1.19. The van der Waals surface area contributed by atoms with Crippen LogP contribution in [0.2, 0.25) is 0 Å². The van der Waals surface area contributed by atoms with Gasteiger partial charge in [-0.3, -0.25) is 0 Å². The van der Waals surface area contributed by atoms with Crippen molar-refractivity contribution in [1.82, 2.24) is 14.9 Å². The van der Waals surface area contributed by atoms with Crippen molar-refractivity contribution < 1.29 is 14.3 Å². The highest BCUT2D eigenvalue weighted by molar-refractivity contribution is 5.73. The molecule has 1 aromatic carbocycles. The van der Waals surface area contributed by atoms with E-state index in [0.717, 1.165) is 43.3 Å². The van der Waals surface area contributed by atoms with Crippen molar-refractivity contribution in [3.05, 3.63) is 30.5 Å². The van der Waals surface area contributed by atoms with Gasteiger partial charge < -0.3 is 14.4 Å². The van der Waals surface area contributed by atoms with Crippen LogP contribution in [-0.4, -0.2) is 45.8 Å². The average molecular weight is 357 g/mol. The highest BCUT2D eigenvalue weighted by atomic mass is 16.6. The topological polar surface area (TPSA) is 64.5 Å². The van der Waals surface area contributed by atoms with E-state index in [1.807, 2.05) is 49.9 Å². The van der Waals surface area contributed by atoms with Gasteiger partial charge in [0.05, 0.1) is 23.8 Å². The largest absolute Gasteiger partial charge is 0.476 e. The molecule has 1 aliphatic heterocycles. The van der Waals surface area contributed by atoms with Gasteiger partial charge in [-0.25, -0.2) is 14.8 Å². The first-order valence-corrected chi connectivity index (χ1v) is 9.26. The van der Waals surface area contributed by atoms with Gasteiger partial charge in [0.2, 0.25) is 5.88 Å². The molecule has 1 aliphatic rings. The van der Waals surface area contributed by atoms with Crippen molar-refractivity contribution in [2.75, 3.05) is 13.2 Å². The van der Waals surface area contributed by atoms with Crippen molar-refractivity contribution in [3.8, 4) is 5.88 Å². The van der Waals surface area contributed by atoms with E-state index in [9.17, 15) is 4.79 Å². The maximum atomic E-state index is 12.4. The van der Waals surface area contributed by atoms with Crippen molar-refractivity contribution >= 4 is 17.1 Å². The lowest BCUT2D eigenvalue weighted by molar-refractivity contribution is 0.00738. The fourth-order valence-corrected chi connectivity index (χ4v) is 3.17. The molecule has 0 N–H and O–H groups in total. The number of aromatic nitrogens is 2. The first-order valence-electron chi connectivity index (χ1n) is 9.26. The number of carbonyl (C=O) groups excluding carboxylic acids is 1. The Morgan fingerprint density at radius 2 is 2.00 bits per heavy atom. The van der Waals surface area contributed by atoms with Crippen molar-refractivity contribution in [3.63, 3.8) is 0 Å². The molecule has 1 amide bonds. The molecule has 3 rings (SSSR count). The van der Waals surface area contributed by atoms with Gasteiger partial charge >= 0.3 is 6.09 Å². The van der Waals surface area contributed by atoms with E-state index in [1.165, 1.54) is 0 Å². The molecule has 26 heavy (non-hydrogen) atoms. The normalized spacial score (nSPS) is 18.0. The Kier molecular flexibility index (Phi) is 5.59. The lowest BCUT2D eigenvalue weighted by atomic mass is 10.0. The van der Waals surface area contributed by atoms with Crippen LogP contribution in [0.3, 0.4) is 0 Å². The lowest BCUT2D eigenvalue weighted by Gasteiger charge is -2.36. The van der Waals surface area contributed by atoms with Crippen molar-refractivity contribution in [2.45, 2.75) is 58.1 Å². The zero-order valence-corrected chi connectivity index (χ0v) is 15.8. The van der Waals surface area contributed by atoms with E-state index < -0.39 is 5.60 Å². The number of amides is 1. The number of rotatable bonds is 4. The molecule has 0 spiro atoms. The van der Waals surface area contributed by atoms with Gasteiger partial charge in [0, 0.05) is 19.0 Å². The third-order valence-electron chi connectivity index (χ3n) is 4.38. The van der Waals surface area contributed by atoms with Gasteiger partial charge in [0.1, 0.15) is 5.60 Å². The van der Waals surface area contributed by atoms with E-state index in [1.54, 1.807) is 6.20 Å². The Balaban J connectivity index is 1.57. The number of fused-ring (bicyclic) bond motifs is 1. The monoisotopic (exact) mass is 357 g/mol. The summed E-state index contributed by atoms with van der Waals surface area (Å²) < 4.78 is 11.3. The minimum absolute atomic E-state index is 0.145. The molecule has 0 radical (unpaired) electrons. The maximum Gasteiger partial charge on any atom is 0.410 e. The summed E-state index contributed by atoms with van der Waals surface area (Å²) in [6.45, 7) is 6.93. The Morgan fingerprint density at radius 3 is 2.77 bits per heavy atom. The minimum Gasteiger partial charge on any atom is -0.476 e. The van der Waals surface area contributed by atoms with Crippen LogP contribution in [0.25, 0.3) is 11.0 Å². The summed E-state index contributed by atoms with van der Waals surface area (Å²) in [5.74, 6) is 0.517. The van der Waals surface area contributed by atoms with E-state index >= 15 is 0 Å². The molecule has 0 bridgehead atoms. The average Bonchev–Trinajstić information content (AvgIpc) is 2.60. The summed E-state index contributed by atoms with van der Waals surface area (Å²) >= 11 is 0. The molecular formula is C20H27N3O3. The number of nitrogens with zero attached hydrogens (tertiary/aromatic N) is 3. The Labute approximate surface area is 154 Å². The third kappa shape index (κ3) is 4.84. The predicted octanol–water partition coefficient (Wildman–Crippen LogP) is 4.19. The van der Waals surface area contributed by atoms with Crippen LogP contribution in [0.5, 0.6) is 5.88 Å². The zero-order valence-electron chi connectivity index (χ0n) is 15.8. The second kappa shape index (κ2) is 7.89. The van der Waals surface area contributed by atoms with Gasteiger partial charge in [-0.15, -0.1) is 0 Å². The van der Waals surface area contributed by atoms with E-state index in [4.69, 9.17) is 9.47 Å². The van der Waals surface area contributed by atoms with Gasteiger partial charge in [0.25, 0.3) is 0 Å². The smallest absolute Gasteiger partial charge is 0.410 e. The quantitative estimate of drug-likeness (QED) is 0.821. The van der Waals surface area contributed by atoms with Crippen LogP contribution in [0.1, 0.15) is 46.5 Å². The molecule has 1 saturated heterocycles. The Hall–Kier alpha value is -2.37. The van der Waals surface area contributed by atoms with Crippen LogP contribution < -0.4 is 4.74 Å². The standard InChI is InChI=1S/C20H27N3O3/c1-20(2,3)26-19(24)23-12-7-6-8-15(23)11-13-25-18-14-21-16-9-4-5-10-17(16)22-18/h4-5,9-10,14-15H,6-8,11-13H2,1-3H3. The number of hydrogen-bond donors (Lipinski definition) is 0. The maximum absolute atomic E-state index is 12.4. The first-order chi connectivity index (χ1) is 12.4. The number of ether oxygens (including phenoxy) is 2.